The summed E-state index contributed by atoms with van der Waals surface area (Å²) >= 11 is 1.29. The lowest BCUT2D eigenvalue weighted by Gasteiger charge is -2.12. The Morgan fingerprint density at radius 3 is 2.38 bits per heavy atom. The van der Waals surface area contributed by atoms with Crippen molar-refractivity contribution in [3.63, 3.8) is 0 Å². The first-order chi connectivity index (χ1) is 15.3. The first kappa shape index (κ1) is 24.0. The van der Waals surface area contributed by atoms with Gasteiger partial charge in [-0.2, -0.15) is 0 Å². The van der Waals surface area contributed by atoms with Crippen molar-refractivity contribution in [2.45, 2.75) is 49.7 Å². The molecule has 0 saturated heterocycles. The van der Waals surface area contributed by atoms with E-state index in [1.807, 2.05) is 55.7 Å². The van der Waals surface area contributed by atoms with Crippen molar-refractivity contribution in [3.8, 4) is 5.69 Å². The van der Waals surface area contributed by atoms with Crippen LogP contribution in [0.3, 0.4) is 0 Å². The number of benzene rings is 2. The zero-order chi connectivity index (χ0) is 23.1. The SMILES string of the molecule is CCc1nnc(SCC(=O)Nc2ccc(S(=O)(=O)NC(C)CC)cc2)n1-c1ccccc1. The minimum Gasteiger partial charge on any atom is -0.325 e. The lowest BCUT2D eigenvalue weighted by atomic mass is 10.3. The fourth-order valence-corrected chi connectivity index (χ4v) is 5.02. The highest BCUT2D eigenvalue weighted by molar-refractivity contribution is 7.99. The number of nitrogens with one attached hydrogen (secondary N) is 2. The maximum atomic E-state index is 12.5. The Bertz CT molecular complexity index is 1150. The Morgan fingerprint density at radius 1 is 1.06 bits per heavy atom. The minimum absolute atomic E-state index is 0.143. The Morgan fingerprint density at radius 2 is 1.75 bits per heavy atom. The van der Waals surface area contributed by atoms with Crippen molar-refractivity contribution in [3.05, 3.63) is 60.4 Å². The molecule has 0 radical (unpaired) electrons. The van der Waals surface area contributed by atoms with Crippen LogP contribution in [0.1, 0.15) is 33.0 Å². The maximum absolute atomic E-state index is 12.5. The minimum atomic E-state index is -3.58. The van der Waals surface area contributed by atoms with Crippen molar-refractivity contribution in [1.29, 1.82) is 0 Å². The van der Waals surface area contributed by atoms with Crippen molar-refractivity contribution >= 4 is 33.4 Å². The lowest BCUT2D eigenvalue weighted by molar-refractivity contribution is -0.113. The van der Waals surface area contributed by atoms with Crippen molar-refractivity contribution in [2.75, 3.05) is 11.1 Å². The van der Waals surface area contributed by atoms with Gasteiger partial charge in [-0.1, -0.05) is 43.8 Å². The van der Waals surface area contributed by atoms with Gasteiger partial charge in [-0.15, -0.1) is 10.2 Å². The van der Waals surface area contributed by atoms with E-state index in [-0.39, 0.29) is 22.6 Å². The van der Waals surface area contributed by atoms with E-state index in [1.54, 1.807) is 12.1 Å². The van der Waals surface area contributed by atoms with E-state index in [0.29, 0.717) is 17.3 Å². The second-order valence-electron chi connectivity index (χ2n) is 7.22. The zero-order valence-corrected chi connectivity index (χ0v) is 19.9. The molecular formula is C22H27N5O3S2. The van der Waals surface area contributed by atoms with E-state index in [0.717, 1.165) is 17.9 Å². The molecule has 1 atom stereocenters. The van der Waals surface area contributed by atoms with Gasteiger partial charge in [-0.25, -0.2) is 13.1 Å². The molecule has 0 bridgehead atoms. The van der Waals surface area contributed by atoms with Crippen LogP contribution in [0.25, 0.3) is 5.69 Å². The summed E-state index contributed by atoms with van der Waals surface area (Å²) in [6, 6.07) is 15.7. The second-order valence-corrected chi connectivity index (χ2v) is 9.87. The van der Waals surface area contributed by atoms with Gasteiger partial charge in [-0.3, -0.25) is 9.36 Å². The van der Waals surface area contributed by atoms with Crippen LogP contribution in [-0.4, -0.2) is 40.9 Å². The summed E-state index contributed by atoms with van der Waals surface area (Å²) in [7, 11) is -3.58. The average Bonchev–Trinajstić information content (AvgIpc) is 3.21. The summed E-state index contributed by atoms with van der Waals surface area (Å²) in [5.74, 6) is 0.746. The van der Waals surface area contributed by atoms with E-state index in [1.165, 1.54) is 23.9 Å². The van der Waals surface area contributed by atoms with Gasteiger partial charge < -0.3 is 5.32 Å². The quantitative estimate of drug-likeness (QED) is 0.436. The number of thioether (sulfide) groups is 1. The number of para-hydroxylation sites is 1. The molecule has 3 rings (SSSR count). The van der Waals surface area contributed by atoms with E-state index in [4.69, 9.17) is 0 Å². The molecule has 3 aromatic rings. The fourth-order valence-electron chi connectivity index (χ4n) is 2.92. The molecule has 0 aliphatic rings. The number of hydrogen-bond donors (Lipinski definition) is 2. The van der Waals surface area contributed by atoms with Crippen LogP contribution < -0.4 is 10.0 Å². The molecule has 2 aromatic carbocycles. The third kappa shape index (κ3) is 5.96. The van der Waals surface area contributed by atoms with Gasteiger partial charge >= 0.3 is 0 Å². The Labute approximate surface area is 192 Å². The van der Waals surface area contributed by atoms with Gasteiger partial charge in [0.15, 0.2) is 5.16 Å². The number of nitrogens with zero attached hydrogens (tertiary/aromatic N) is 3. The van der Waals surface area contributed by atoms with Gasteiger partial charge in [0.2, 0.25) is 15.9 Å². The normalized spacial score (nSPS) is 12.5. The largest absolute Gasteiger partial charge is 0.325 e. The van der Waals surface area contributed by atoms with E-state index < -0.39 is 10.0 Å². The van der Waals surface area contributed by atoms with Crippen molar-refractivity contribution < 1.29 is 13.2 Å². The third-order valence-electron chi connectivity index (χ3n) is 4.78. The summed E-state index contributed by atoms with van der Waals surface area (Å²) in [6.07, 6.45) is 1.42. The molecule has 1 aromatic heterocycles. The van der Waals surface area contributed by atoms with Crippen LogP contribution in [0.15, 0.2) is 64.6 Å². The molecule has 2 N–H and O–H groups in total. The van der Waals surface area contributed by atoms with Gasteiger partial charge in [0.25, 0.3) is 0 Å². The van der Waals surface area contributed by atoms with E-state index in [2.05, 4.69) is 20.2 Å². The van der Waals surface area contributed by atoms with Gasteiger partial charge in [-0.05, 0) is 49.7 Å². The predicted molar refractivity (Wildman–Crippen MR) is 127 cm³/mol. The molecule has 10 heteroatoms. The summed E-state index contributed by atoms with van der Waals surface area (Å²) in [5.41, 5.74) is 1.47. The molecular weight excluding hydrogens is 446 g/mol. The smallest absolute Gasteiger partial charge is 0.240 e. The molecule has 0 saturated carbocycles. The highest BCUT2D eigenvalue weighted by Gasteiger charge is 2.17. The lowest BCUT2D eigenvalue weighted by Crippen LogP contribution is -2.31. The van der Waals surface area contributed by atoms with Crippen LogP contribution in [-0.2, 0) is 21.2 Å². The number of carbonyl (C=O) groups is 1. The summed E-state index contributed by atoms with van der Waals surface area (Å²) in [5, 5.41) is 11.9. The number of amides is 1. The molecule has 0 aliphatic heterocycles. The Hall–Kier alpha value is -2.69. The summed E-state index contributed by atoms with van der Waals surface area (Å²) < 4.78 is 29.3. The molecule has 0 fully saturated rings. The van der Waals surface area contributed by atoms with Crippen LogP contribution >= 0.6 is 11.8 Å². The Balaban J connectivity index is 1.63. The second kappa shape index (κ2) is 10.8. The first-order valence-electron chi connectivity index (χ1n) is 10.4. The van der Waals surface area contributed by atoms with Crippen LogP contribution in [0.2, 0.25) is 0 Å². The van der Waals surface area contributed by atoms with E-state index in [9.17, 15) is 13.2 Å². The topological polar surface area (TPSA) is 106 Å². The van der Waals surface area contributed by atoms with Crippen molar-refractivity contribution in [1.82, 2.24) is 19.5 Å². The highest BCUT2D eigenvalue weighted by atomic mass is 32.2. The summed E-state index contributed by atoms with van der Waals surface area (Å²) in [4.78, 5) is 12.6. The number of anilines is 1. The van der Waals surface area contributed by atoms with Gasteiger partial charge in [0.05, 0.1) is 10.6 Å². The molecule has 1 heterocycles. The van der Waals surface area contributed by atoms with Crippen LogP contribution in [0.5, 0.6) is 0 Å². The van der Waals surface area contributed by atoms with Crippen molar-refractivity contribution in [2.24, 2.45) is 0 Å². The highest BCUT2D eigenvalue weighted by Crippen LogP contribution is 2.23. The van der Waals surface area contributed by atoms with Crippen LogP contribution in [0, 0.1) is 0 Å². The van der Waals surface area contributed by atoms with Gasteiger partial charge in [0, 0.05) is 23.8 Å². The molecule has 1 amide bonds. The predicted octanol–water partition coefficient (Wildman–Crippen LogP) is 3.64. The van der Waals surface area contributed by atoms with Gasteiger partial charge in [0.1, 0.15) is 5.82 Å². The Kier molecular flexibility index (Phi) is 8.05. The molecule has 1 unspecified atom stereocenters. The van der Waals surface area contributed by atoms with Crippen LogP contribution in [0.4, 0.5) is 5.69 Å². The average molecular weight is 474 g/mol. The standard InChI is InChI=1S/C22H27N5O3S2/c1-4-16(3)26-32(29,30)19-13-11-17(12-14-19)23-21(28)15-31-22-25-24-20(5-2)27(22)18-9-7-6-8-10-18/h6-14,16,26H,4-5,15H2,1-3H3,(H,23,28). The number of aromatic nitrogens is 3. The number of carbonyl (C=O) groups excluding carboxylic acids is 1. The summed E-state index contributed by atoms with van der Waals surface area (Å²) in [6.45, 7) is 5.73. The molecule has 8 nitrogen and oxygen atoms in total. The molecule has 0 spiro atoms. The van der Waals surface area contributed by atoms with E-state index >= 15 is 0 Å². The fraction of sp³-hybridized carbons (Fsp3) is 0.318. The third-order valence-corrected chi connectivity index (χ3v) is 7.31. The number of aryl methyl sites for hydroxylation is 1. The zero-order valence-electron chi connectivity index (χ0n) is 18.3. The number of rotatable bonds is 10. The monoisotopic (exact) mass is 473 g/mol. The first-order valence-corrected chi connectivity index (χ1v) is 12.9. The maximum Gasteiger partial charge on any atom is 0.240 e. The number of hydrogen-bond acceptors (Lipinski definition) is 6. The number of sulfonamides is 1. The molecule has 32 heavy (non-hydrogen) atoms. The molecule has 0 aliphatic carbocycles. The molecule has 170 valence electrons.